The summed E-state index contributed by atoms with van der Waals surface area (Å²) in [6.07, 6.45) is 0. The molecule has 7 heteroatoms. The van der Waals surface area contributed by atoms with Crippen LogP contribution in [0.25, 0.3) is 10.2 Å². The van der Waals surface area contributed by atoms with Crippen LogP contribution in [0.3, 0.4) is 0 Å². The van der Waals surface area contributed by atoms with Gasteiger partial charge in [-0.25, -0.2) is 14.4 Å². The van der Waals surface area contributed by atoms with Crippen molar-refractivity contribution in [3.05, 3.63) is 47.9 Å². The predicted molar refractivity (Wildman–Crippen MR) is 97.9 cm³/mol. The summed E-state index contributed by atoms with van der Waals surface area (Å²) < 4.78 is 19.4. The number of benzene rings is 1. The molecule has 3 aromatic rings. The Hall–Kier alpha value is -2.25. The van der Waals surface area contributed by atoms with Crippen molar-refractivity contribution in [3.8, 4) is 5.88 Å². The summed E-state index contributed by atoms with van der Waals surface area (Å²) in [5, 5.41) is 0.972. The number of hydrogen-bond acceptors (Lipinski definition) is 6. The van der Waals surface area contributed by atoms with Crippen LogP contribution in [0.4, 0.5) is 9.52 Å². The van der Waals surface area contributed by atoms with Gasteiger partial charge >= 0.3 is 0 Å². The third kappa shape index (κ3) is 3.57. The molecule has 0 aliphatic carbocycles. The van der Waals surface area contributed by atoms with Crippen LogP contribution in [0, 0.1) is 5.82 Å². The zero-order valence-electron chi connectivity index (χ0n) is 14.0. The molecular formula is C18H19FN4OS. The zero-order valence-corrected chi connectivity index (χ0v) is 14.8. The minimum absolute atomic E-state index is 0.210. The molecule has 0 unspecified atom stereocenters. The van der Waals surface area contributed by atoms with Gasteiger partial charge in [0.1, 0.15) is 5.82 Å². The highest BCUT2D eigenvalue weighted by atomic mass is 32.1. The summed E-state index contributed by atoms with van der Waals surface area (Å²) in [7, 11) is 1.63. The van der Waals surface area contributed by atoms with E-state index in [4.69, 9.17) is 4.74 Å². The van der Waals surface area contributed by atoms with Crippen LogP contribution in [-0.2, 0) is 6.54 Å². The number of nitrogens with zero attached hydrogens (tertiary/aromatic N) is 4. The minimum Gasteiger partial charge on any atom is -0.481 e. The lowest BCUT2D eigenvalue weighted by Gasteiger charge is -2.34. The van der Waals surface area contributed by atoms with Crippen molar-refractivity contribution in [3.63, 3.8) is 0 Å². The lowest BCUT2D eigenvalue weighted by atomic mass is 10.3. The molecule has 1 fully saturated rings. The van der Waals surface area contributed by atoms with E-state index >= 15 is 0 Å². The maximum atomic E-state index is 13.3. The van der Waals surface area contributed by atoms with Crippen molar-refractivity contribution in [2.24, 2.45) is 0 Å². The maximum absolute atomic E-state index is 13.3. The number of piperazine rings is 1. The van der Waals surface area contributed by atoms with Gasteiger partial charge in [-0.2, -0.15) is 0 Å². The molecule has 0 spiro atoms. The Morgan fingerprint density at radius 2 is 1.96 bits per heavy atom. The summed E-state index contributed by atoms with van der Waals surface area (Å²) in [5.41, 5.74) is 1.88. The van der Waals surface area contributed by atoms with Crippen LogP contribution in [0.15, 0.2) is 36.4 Å². The van der Waals surface area contributed by atoms with E-state index < -0.39 is 0 Å². The third-order valence-corrected chi connectivity index (χ3v) is 5.44. The standard InChI is InChI=1S/C18H19FN4OS/c1-24-17-4-2-3-14(20-17)12-22-7-9-23(10-8-22)18-21-15-6-5-13(19)11-16(15)25-18/h2-6,11H,7-10,12H2,1H3. The molecule has 0 saturated carbocycles. The summed E-state index contributed by atoms with van der Waals surface area (Å²) in [6, 6.07) is 10.6. The molecule has 4 rings (SSSR count). The van der Waals surface area contributed by atoms with Gasteiger partial charge in [-0.3, -0.25) is 4.90 Å². The molecule has 0 radical (unpaired) electrons. The normalized spacial score (nSPS) is 15.7. The van der Waals surface area contributed by atoms with Gasteiger partial charge in [0.2, 0.25) is 5.88 Å². The first-order chi connectivity index (χ1) is 12.2. The molecule has 1 aliphatic rings. The molecule has 0 N–H and O–H groups in total. The Morgan fingerprint density at radius 1 is 1.12 bits per heavy atom. The van der Waals surface area contributed by atoms with Gasteiger partial charge in [-0.05, 0) is 24.3 Å². The Morgan fingerprint density at radius 3 is 2.76 bits per heavy atom. The Balaban J connectivity index is 1.40. The number of hydrogen-bond donors (Lipinski definition) is 0. The van der Waals surface area contributed by atoms with Crippen molar-refractivity contribution in [1.82, 2.24) is 14.9 Å². The van der Waals surface area contributed by atoms with Crippen LogP contribution in [0.2, 0.25) is 0 Å². The molecule has 25 heavy (non-hydrogen) atoms. The fourth-order valence-electron chi connectivity index (χ4n) is 3.01. The quantitative estimate of drug-likeness (QED) is 0.717. The number of aromatic nitrogens is 2. The molecule has 0 bridgehead atoms. The van der Waals surface area contributed by atoms with Gasteiger partial charge in [-0.15, -0.1) is 0 Å². The first-order valence-electron chi connectivity index (χ1n) is 8.24. The maximum Gasteiger partial charge on any atom is 0.213 e. The second-order valence-electron chi connectivity index (χ2n) is 6.04. The molecular weight excluding hydrogens is 339 g/mol. The summed E-state index contributed by atoms with van der Waals surface area (Å²) in [6.45, 7) is 4.53. The van der Waals surface area contributed by atoms with Gasteiger partial charge in [0.05, 0.1) is 23.0 Å². The van der Waals surface area contributed by atoms with E-state index in [9.17, 15) is 4.39 Å². The first kappa shape index (κ1) is 16.2. The second-order valence-corrected chi connectivity index (χ2v) is 7.05. The lowest BCUT2D eigenvalue weighted by molar-refractivity contribution is 0.246. The van der Waals surface area contributed by atoms with Crippen molar-refractivity contribution in [1.29, 1.82) is 0 Å². The Kier molecular flexibility index (Phi) is 4.50. The van der Waals surface area contributed by atoms with Crippen LogP contribution in [0.5, 0.6) is 5.88 Å². The van der Waals surface area contributed by atoms with E-state index in [1.54, 1.807) is 30.6 Å². The zero-order chi connectivity index (χ0) is 17.2. The number of anilines is 1. The number of rotatable bonds is 4. The van der Waals surface area contributed by atoms with Crippen LogP contribution in [-0.4, -0.2) is 48.2 Å². The molecule has 0 atom stereocenters. The van der Waals surface area contributed by atoms with Gasteiger partial charge < -0.3 is 9.64 Å². The van der Waals surface area contributed by atoms with Crippen molar-refractivity contribution < 1.29 is 9.13 Å². The number of pyridine rings is 1. The van der Waals surface area contributed by atoms with Crippen molar-refractivity contribution in [2.75, 3.05) is 38.2 Å². The first-order valence-corrected chi connectivity index (χ1v) is 9.06. The SMILES string of the molecule is COc1cccc(CN2CCN(c3nc4ccc(F)cc4s3)CC2)n1. The molecule has 2 aromatic heterocycles. The van der Waals surface area contributed by atoms with E-state index in [1.165, 1.54) is 6.07 Å². The smallest absolute Gasteiger partial charge is 0.213 e. The fourth-order valence-corrected chi connectivity index (χ4v) is 4.05. The molecule has 5 nitrogen and oxygen atoms in total. The van der Waals surface area contributed by atoms with E-state index in [1.807, 2.05) is 18.2 Å². The molecule has 0 amide bonds. The highest BCUT2D eigenvalue weighted by Gasteiger charge is 2.20. The van der Waals surface area contributed by atoms with Gasteiger partial charge in [0.25, 0.3) is 0 Å². The number of fused-ring (bicyclic) bond motifs is 1. The average molecular weight is 358 g/mol. The van der Waals surface area contributed by atoms with Gasteiger partial charge in [0, 0.05) is 38.8 Å². The predicted octanol–water partition coefficient (Wildman–Crippen LogP) is 3.16. The molecule has 1 aliphatic heterocycles. The molecule has 130 valence electrons. The topological polar surface area (TPSA) is 41.5 Å². The largest absolute Gasteiger partial charge is 0.481 e. The second kappa shape index (κ2) is 6.93. The summed E-state index contributed by atoms with van der Waals surface area (Å²) in [5.74, 6) is 0.441. The monoisotopic (exact) mass is 358 g/mol. The van der Waals surface area contributed by atoms with Crippen LogP contribution < -0.4 is 9.64 Å². The Bertz CT molecular complexity index is 876. The lowest BCUT2D eigenvalue weighted by Crippen LogP contribution is -2.46. The summed E-state index contributed by atoms with van der Waals surface area (Å²) >= 11 is 1.56. The van der Waals surface area contributed by atoms with Crippen molar-refractivity contribution in [2.45, 2.75) is 6.54 Å². The number of ether oxygens (including phenoxy) is 1. The van der Waals surface area contributed by atoms with Gasteiger partial charge in [-0.1, -0.05) is 17.4 Å². The van der Waals surface area contributed by atoms with E-state index in [2.05, 4.69) is 19.8 Å². The fraction of sp³-hybridized carbons (Fsp3) is 0.333. The minimum atomic E-state index is -0.210. The van der Waals surface area contributed by atoms with E-state index in [0.717, 1.165) is 53.8 Å². The molecule has 1 saturated heterocycles. The Labute approximate surface area is 149 Å². The molecule has 3 heterocycles. The highest BCUT2D eigenvalue weighted by molar-refractivity contribution is 7.22. The number of methoxy groups -OCH3 is 1. The third-order valence-electron chi connectivity index (χ3n) is 4.36. The van der Waals surface area contributed by atoms with Crippen LogP contribution in [0.1, 0.15) is 5.69 Å². The van der Waals surface area contributed by atoms with Crippen LogP contribution >= 0.6 is 11.3 Å². The highest BCUT2D eigenvalue weighted by Crippen LogP contribution is 2.30. The van der Waals surface area contributed by atoms with E-state index in [-0.39, 0.29) is 5.82 Å². The average Bonchev–Trinajstić information content (AvgIpc) is 3.05. The summed E-state index contributed by atoms with van der Waals surface area (Å²) in [4.78, 5) is 13.8. The molecule has 1 aromatic carbocycles. The number of thiazole rings is 1. The van der Waals surface area contributed by atoms with Crippen molar-refractivity contribution >= 4 is 26.7 Å². The van der Waals surface area contributed by atoms with E-state index in [0.29, 0.717) is 5.88 Å². The van der Waals surface area contributed by atoms with Gasteiger partial charge in [0.15, 0.2) is 5.13 Å². The number of halogens is 1.